The van der Waals surface area contributed by atoms with Crippen molar-refractivity contribution in [2.24, 2.45) is 0 Å². The first-order chi connectivity index (χ1) is 7.40. The van der Waals surface area contributed by atoms with Crippen LogP contribution in [-0.4, -0.2) is 26.5 Å². The molecule has 1 atom stereocenters. The average Bonchev–Trinajstić information content (AvgIpc) is 2.81. The highest BCUT2D eigenvalue weighted by Crippen LogP contribution is 2.12. The van der Waals surface area contributed by atoms with Gasteiger partial charge < -0.3 is 9.67 Å². The van der Waals surface area contributed by atoms with E-state index < -0.39 is 0 Å². The summed E-state index contributed by atoms with van der Waals surface area (Å²) in [7, 11) is 0. The average molecular weight is 203 g/mol. The fourth-order valence-corrected chi connectivity index (χ4v) is 1.55. The van der Waals surface area contributed by atoms with E-state index in [2.05, 4.69) is 10.2 Å². The maximum Gasteiger partial charge on any atom is 0.119 e. The Labute approximate surface area is 88.2 Å². The maximum atomic E-state index is 9.28. The van der Waals surface area contributed by atoms with Crippen molar-refractivity contribution < 1.29 is 5.11 Å². The molecule has 2 aromatic rings. The molecule has 0 aliphatic carbocycles. The summed E-state index contributed by atoms with van der Waals surface area (Å²) in [5.74, 6) is 0. The molecule has 1 aromatic carbocycles. The lowest BCUT2D eigenvalue weighted by Crippen LogP contribution is -2.14. The Bertz CT molecular complexity index is 385. The van der Waals surface area contributed by atoms with Crippen LogP contribution in [-0.2, 0) is 6.42 Å². The number of benzene rings is 1. The summed E-state index contributed by atoms with van der Waals surface area (Å²) in [4.78, 5) is 0. The molecule has 2 rings (SSSR count). The van der Waals surface area contributed by atoms with Gasteiger partial charge in [0, 0.05) is 0 Å². The Balaban J connectivity index is 2.10. The summed E-state index contributed by atoms with van der Waals surface area (Å²) >= 11 is 0. The Hall–Kier alpha value is -1.68. The summed E-state index contributed by atoms with van der Waals surface area (Å²) in [5, 5.41) is 16.8. The first-order valence-corrected chi connectivity index (χ1v) is 4.89. The molecule has 15 heavy (non-hydrogen) atoms. The highest BCUT2D eigenvalue weighted by atomic mass is 16.3. The summed E-state index contributed by atoms with van der Waals surface area (Å²) in [5.41, 5.74) is 1.20. The molecule has 0 aliphatic heterocycles. The molecule has 0 amide bonds. The van der Waals surface area contributed by atoms with Crippen LogP contribution in [0.2, 0.25) is 0 Å². The van der Waals surface area contributed by atoms with Crippen LogP contribution >= 0.6 is 0 Å². The molecule has 0 unspecified atom stereocenters. The van der Waals surface area contributed by atoms with Crippen LogP contribution in [0.15, 0.2) is 43.0 Å². The molecule has 4 nitrogen and oxygen atoms in total. The standard InChI is InChI=1S/C11H13N3O/c15-7-11(14-8-12-13-9-14)6-10-4-2-1-3-5-10/h1-5,8-9,11,15H,6-7H2/t11-/m1/s1. The fraction of sp³-hybridized carbons (Fsp3) is 0.273. The van der Waals surface area contributed by atoms with Gasteiger partial charge in [0.2, 0.25) is 0 Å². The van der Waals surface area contributed by atoms with Crippen LogP contribution in [0.25, 0.3) is 0 Å². The SMILES string of the molecule is OC[C@@H](Cc1ccccc1)n1cnnc1. The first kappa shape index (κ1) is 9.86. The van der Waals surface area contributed by atoms with Crippen LogP contribution in [0.1, 0.15) is 11.6 Å². The van der Waals surface area contributed by atoms with Crippen molar-refractivity contribution in [1.29, 1.82) is 0 Å². The minimum absolute atomic E-state index is 0.0161. The van der Waals surface area contributed by atoms with Gasteiger partial charge in [0.15, 0.2) is 0 Å². The largest absolute Gasteiger partial charge is 0.394 e. The lowest BCUT2D eigenvalue weighted by atomic mass is 10.1. The van der Waals surface area contributed by atoms with E-state index in [1.54, 1.807) is 12.7 Å². The van der Waals surface area contributed by atoms with E-state index >= 15 is 0 Å². The second-order valence-corrected chi connectivity index (χ2v) is 3.44. The summed E-state index contributed by atoms with van der Waals surface area (Å²) in [6.07, 6.45) is 4.04. The lowest BCUT2D eigenvalue weighted by molar-refractivity contribution is 0.227. The third-order valence-corrected chi connectivity index (χ3v) is 2.38. The lowest BCUT2D eigenvalue weighted by Gasteiger charge is -2.14. The molecule has 0 spiro atoms. The number of aromatic nitrogens is 3. The van der Waals surface area contributed by atoms with Gasteiger partial charge in [-0.15, -0.1) is 10.2 Å². The van der Waals surface area contributed by atoms with Gasteiger partial charge >= 0.3 is 0 Å². The van der Waals surface area contributed by atoms with E-state index in [4.69, 9.17) is 0 Å². The van der Waals surface area contributed by atoms with E-state index in [1.807, 2.05) is 34.9 Å². The summed E-state index contributed by atoms with van der Waals surface area (Å²) < 4.78 is 1.83. The van der Waals surface area contributed by atoms with Crippen LogP contribution in [0.4, 0.5) is 0 Å². The Kier molecular flexibility index (Phi) is 3.09. The van der Waals surface area contributed by atoms with Crippen molar-refractivity contribution in [3.05, 3.63) is 48.5 Å². The molecular formula is C11H13N3O. The Morgan fingerprint density at radius 2 is 1.80 bits per heavy atom. The van der Waals surface area contributed by atoms with Crippen LogP contribution in [0.3, 0.4) is 0 Å². The van der Waals surface area contributed by atoms with Crippen molar-refractivity contribution in [2.45, 2.75) is 12.5 Å². The topological polar surface area (TPSA) is 50.9 Å². The highest BCUT2D eigenvalue weighted by Gasteiger charge is 2.09. The van der Waals surface area contributed by atoms with Gasteiger partial charge in [-0.25, -0.2) is 0 Å². The van der Waals surface area contributed by atoms with Gasteiger partial charge in [0.25, 0.3) is 0 Å². The van der Waals surface area contributed by atoms with Crippen LogP contribution in [0.5, 0.6) is 0 Å². The zero-order valence-corrected chi connectivity index (χ0v) is 8.32. The monoisotopic (exact) mass is 203 g/mol. The van der Waals surface area contributed by atoms with Gasteiger partial charge in [-0.05, 0) is 12.0 Å². The molecule has 0 aliphatic rings. The number of hydrogen-bond donors (Lipinski definition) is 1. The molecule has 0 fully saturated rings. The molecule has 0 saturated carbocycles. The number of rotatable bonds is 4. The van der Waals surface area contributed by atoms with E-state index in [1.165, 1.54) is 5.56 Å². The number of hydrogen-bond acceptors (Lipinski definition) is 3. The molecule has 0 bridgehead atoms. The van der Waals surface area contributed by atoms with Gasteiger partial charge in [-0.1, -0.05) is 30.3 Å². The second kappa shape index (κ2) is 4.70. The molecular weight excluding hydrogens is 190 g/mol. The first-order valence-electron chi connectivity index (χ1n) is 4.89. The molecule has 1 aromatic heterocycles. The minimum Gasteiger partial charge on any atom is -0.394 e. The number of aliphatic hydroxyl groups excluding tert-OH is 1. The van der Waals surface area contributed by atoms with Crippen LogP contribution in [0, 0.1) is 0 Å². The van der Waals surface area contributed by atoms with Gasteiger partial charge in [-0.3, -0.25) is 0 Å². The zero-order valence-electron chi connectivity index (χ0n) is 8.32. The molecule has 1 N–H and O–H groups in total. The molecule has 0 saturated heterocycles. The van der Waals surface area contributed by atoms with Crippen molar-refractivity contribution in [3.63, 3.8) is 0 Å². The van der Waals surface area contributed by atoms with Crippen molar-refractivity contribution >= 4 is 0 Å². The van der Waals surface area contributed by atoms with Gasteiger partial charge in [0.1, 0.15) is 12.7 Å². The third-order valence-electron chi connectivity index (χ3n) is 2.38. The van der Waals surface area contributed by atoms with E-state index in [-0.39, 0.29) is 12.6 Å². The minimum atomic E-state index is 0.0161. The number of aliphatic hydroxyl groups is 1. The normalized spacial score (nSPS) is 12.6. The van der Waals surface area contributed by atoms with Crippen LogP contribution < -0.4 is 0 Å². The quantitative estimate of drug-likeness (QED) is 0.808. The second-order valence-electron chi connectivity index (χ2n) is 3.44. The van der Waals surface area contributed by atoms with Crippen molar-refractivity contribution in [1.82, 2.24) is 14.8 Å². The molecule has 78 valence electrons. The van der Waals surface area contributed by atoms with E-state index in [0.717, 1.165) is 6.42 Å². The smallest absolute Gasteiger partial charge is 0.119 e. The Morgan fingerprint density at radius 3 is 2.40 bits per heavy atom. The fourth-order valence-electron chi connectivity index (χ4n) is 1.55. The predicted molar refractivity (Wildman–Crippen MR) is 56.3 cm³/mol. The van der Waals surface area contributed by atoms with Crippen molar-refractivity contribution in [2.75, 3.05) is 6.61 Å². The highest BCUT2D eigenvalue weighted by molar-refractivity contribution is 5.15. The molecule has 0 radical (unpaired) electrons. The number of nitrogens with zero attached hydrogens (tertiary/aromatic N) is 3. The maximum absolute atomic E-state index is 9.28. The Morgan fingerprint density at radius 1 is 1.13 bits per heavy atom. The van der Waals surface area contributed by atoms with Crippen molar-refractivity contribution in [3.8, 4) is 0 Å². The summed E-state index contributed by atoms with van der Waals surface area (Å²) in [6, 6.07) is 10.1. The van der Waals surface area contributed by atoms with Gasteiger partial charge in [-0.2, -0.15) is 0 Å². The molecule has 4 heteroatoms. The molecule has 1 heterocycles. The predicted octanol–water partition coefficient (Wildman–Crippen LogP) is 1.05. The van der Waals surface area contributed by atoms with E-state index in [9.17, 15) is 5.11 Å². The third kappa shape index (κ3) is 2.41. The zero-order chi connectivity index (χ0) is 10.5. The summed E-state index contributed by atoms with van der Waals surface area (Å²) in [6.45, 7) is 0.0902. The van der Waals surface area contributed by atoms with E-state index in [0.29, 0.717) is 0 Å². The van der Waals surface area contributed by atoms with Gasteiger partial charge in [0.05, 0.1) is 12.6 Å².